The van der Waals surface area contributed by atoms with E-state index >= 15 is 0 Å². The molecule has 32 heavy (non-hydrogen) atoms. The number of rotatable bonds is 5. The highest BCUT2D eigenvalue weighted by molar-refractivity contribution is 6.46. The van der Waals surface area contributed by atoms with Gasteiger partial charge in [-0.1, -0.05) is 35.9 Å². The first-order chi connectivity index (χ1) is 15.3. The minimum Gasteiger partial charge on any atom is -0.496 e. The Morgan fingerprint density at radius 2 is 1.69 bits per heavy atom. The van der Waals surface area contributed by atoms with E-state index in [1.807, 2.05) is 32.0 Å². The summed E-state index contributed by atoms with van der Waals surface area (Å²) >= 11 is 5.91. The van der Waals surface area contributed by atoms with E-state index in [1.54, 1.807) is 24.3 Å². The number of hydrogen-bond acceptors (Lipinski definition) is 4. The molecule has 0 spiro atoms. The average molecular weight is 451 g/mol. The molecule has 0 atom stereocenters. The van der Waals surface area contributed by atoms with Gasteiger partial charge in [0.05, 0.1) is 23.4 Å². The topological polar surface area (TPSA) is 58.6 Å². The number of nitrogens with one attached hydrogen (secondary N) is 1. The van der Waals surface area contributed by atoms with Crippen molar-refractivity contribution in [2.45, 2.75) is 13.8 Å². The number of para-hydroxylation sites is 1. The predicted octanol–water partition coefficient (Wildman–Crippen LogP) is 5.50. The molecule has 0 unspecified atom stereocenters. The summed E-state index contributed by atoms with van der Waals surface area (Å²) in [5.41, 5.74) is 3.70. The standard InChI is InChI=1S/C25H20ClFN2O3/c1-14-8-9-16(12-15(14)2)28-23-22(18-6-4-5-7-21(18)32-3)24(30)29(25(23)31)17-10-11-20(27)19(26)13-17/h4-13,28H,1-3H3. The van der Waals surface area contributed by atoms with Crippen LogP contribution in [0.1, 0.15) is 16.7 Å². The van der Waals surface area contributed by atoms with Gasteiger partial charge < -0.3 is 10.1 Å². The lowest BCUT2D eigenvalue weighted by Crippen LogP contribution is -2.32. The Morgan fingerprint density at radius 3 is 2.38 bits per heavy atom. The predicted molar refractivity (Wildman–Crippen MR) is 123 cm³/mol. The van der Waals surface area contributed by atoms with Gasteiger partial charge >= 0.3 is 0 Å². The van der Waals surface area contributed by atoms with E-state index < -0.39 is 17.6 Å². The molecule has 4 rings (SSSR count). The number of carbonyl (C=O) groups excluding carboxylic acids is 2. The van der Waals surface area contributed by atoms with Crippen molar-refractivity contribution in [2.75, 3.05) is 17.3 Å². The summed E-state index contributed by atoms with van der Waals surface area (Å²) in [6.07, 6.45) is 0. The number of methoxy groups -OCH3 is 1. The highest BCUT2D eigenvalue weighted by Crippen LogP contribution is 2.38. The fourth-order valence-electron chi connectivity index (χ4n) is 3.57. The molecule has 3 aromatic carbocycles. The number of halogens is 2. The van der Waals surface area contributed by atoms with E-state index in [1.165, 1.54) is 19.2 Å². The van der Waals surface area contributed by atoms with Crippen LogP contribution in [0, 0.1) is 19.7 Å². The number of nitrogens with zero attached hydrogens (tertiary/aromatic N) is 1. The fourth-order valence-corrected chi connectivity index (χ4v) is 3.74. The van der Waals surface area contributed by atoms with E-state index in [0.717, 1.165) is 22.1 Å². The van der Waals surface area contributed by atoms with Gasteiger partial charge in [0.1, 0.15) is 17.3 Å². The lowest BCUT2D eigenvalue weighted by atomic mass is 10.0. The normalized spacial score (nSPS) is 13.7. The summed E-state index contributed by atoms with van der Waals surface area (Å²) in [5, 5.41) is 2.94. The zero-order valence-corrected chi connectivity index (χ0v) is 18.5. The Morgan fingerprint density at radius 1 is 0.938 bits per heavy atom. The second-order valence-corrected chi connectivity index (χ2v) is 7.83. The van der Waals surface area contributed by atoms with Crippen LogP contribution in [0.2, 0.25) is 5.02 Å². The number of ether oxygens (including phenoxy) is 1. The molecule has 3 aromatic rings. The second-order valence-electron chi connectivity index (χ2n) is 7.42. The first kappa shape index (κ1) is 21.6. The molecule has 1 heterocycles. The maximum absolute atomic E-state index is 13.7. The van der Waals surface area contributed by atoms with Crippen molar-refractivity contribution in [3.05, 3.63) is 93.9 Å². The van der Waals surface area contributed by atoms with Crippen LogP contribution in [-0.2, 0) is 9.59 Å². The minimum atomic E-state index is -0.638. The van der Waals surface area contributed by atoms with Gasteiger partial charge in [0, 0.05) is 11.3 Å². The summed E-state index contributed by atoms with van der Waals surface area (Å²) in [7, 11) is 1.49. The zero-order valence-electron chi connectivity index (χ0n) is 17.7. The zero-order chi connectivity index (χ0) is 23.0. The number of amides is 2. The third-order valence-electron chi connectivity index (χ3n) is 5.40. The van der Waals surface area contributed by atoms with Crippen molar-refractivity contribution in [2.24, 2.45) is 0 Å². The molecule has 7 heteroatoms. The molecule has 0 fully saturated rings. The quantitative estimate of drug-likeness (QED) is 0.521. The number of aryl methyl sites for hydroxylation is 2. The van der Waals surface area contributed by atoms with Crippen molar-refractivity contribution in [1.82, 2.24) is 0 Å². The smallest absolute Gasteiger partial charge is 0.282 e. The summed E-state index contributed by atoms with van der Waals surface area (Å²) in [6, 6.07) is 16.3. The van der Waals surface area contributed by atoms with Gasteiger partial charge in [-0.15, -0.1) is 0 Å². The Labute approximate surface area is 190 Å². The fraction of sp³-hybridized carbons (Fsp3) is 0.120. The van der Waals surface area contributed by atoms with Crippen LogP contribution in [-0.4, -0.2) is 18.9 Å². The van der Waals surface area contributed by atoms with Crippen LogP contribution < -0.4 is 15.0 Å². The van der Waals surface area contributed by atoms with Gasteiger partial charge in [0.25, 0.3) is 11.8 Å². The van der Waals surface area contributed by atoms with Gasteiger partial charge in [0.2, 0.25) is 0 Å². The molecule has 0 saturated carbocycles. The molecule has 0 bridgehead atoms. The summed E-state index contributed by atoms with van der Waals surface area (Å²) < 4.78 is 19.1. The van der Waals surface area contributed by atoms with Crippen molar-refractivity contribution >= 4 is 40.4 Å². The van der Waals surface area contributed by atoms with E-state index in [-0.39, 0.29) is 22.0 Å². The Kier molecular flexibility index (Phi) is 5.72. The molecule has 5 nitrogen and oxygen atoms in total. The third kappa shape index (κ3) is 3.74. The van der Waals surface area contributed by atoms with Crippen molar-refractivity contribution in [1.29, 1.82) is 0 Å². The number of anilines is 2. The van der Waals surface area contributed by atoms with Crippen LogP contribution in [0.4, 0.5) is 15.8 Å². The third-order valence-corrected chi connectivity index (χ3v) is 5.69. The first-order valence-corrected chi connectivity index (χ1v) is 10.3. The molecular formula is C25H20ClFN2O3. The molecule has 0 aromatic heterocycles. The van der Waals surface area contributed by atoms with Crippen molar-refractivity contribution < 1.29 is 18.7 Å². The minimum absolute atomic E-state index is 0.100. The van der Waals surface area contributed by atoms with Gasteiger partial charge in [0.15, 0.2) is 0 Å². The monoisotopic (exact) mass is 450 g/mol. The van der Waals surface area contributed by atoms with Gasteiger partial charge in [-0.25, -0.2) is 9.29 Å². The maximum atomic E-state index is 13.7. The van der Waals surface area contributed by atoms with Crippen LogP contribution in [0.5, 0.6) is 5.75 Å². The number of benzene rings is 3. The van der Waals surface area contributed by atoms with Crippen LogP contribution >= 0.6 is 11.6 Å². The molecule has 0 radical (unpaired) electrons. The van der Waals surface area contributed by atoms with Gasteiger partial charge in [-0.05, 0) is 61.4 Å². The van der Waals surface area contributed by atoms with Crippen LogP contribution in [0.15, 0.2) is 66.4 Å². The SMILES string of the molecule is COc1ccccc1C1=C(Nc2ccc(C)c(C)c2)C(=O)N(c2ccc(F)c(Cl)c2)C1=O. The van der Waals surface area contributed by atoms with E-state index in [0.29, 0.717) is 17.0 Å². The highest BCUT2D eigenvalue weighted by atomic mass is 35.5. The van der Waals surface area contributed by atoms with Crippen molar-refractivity contribution in [3.63, 3.8) is 0 Å². The Balaban J connectivity index is 1.87. The summed E-state index contributed by atoms with van der Waals surface area (Å²) in [4.78, 5) is 28.0. The number of carbonyl (C=O) groups is 2. The maximum Gasteiger partial charge on any atom is 0.282 e. The lowest BCUT2D eigenvalue weighted by molar-refractivity contribution is -0.120. The average Bonchev–Trinajstić information content (AvgIpc) is 3.02. The van der Waals surface area contributed by atoms with E-state index in [9.17, 15) is 14.0 Å². The summed E-state index contributed by atoms with van der Waals surface area (Å²) in [5.74, 6) is -1.33. The lowest BCUT2D eigenvalue weighted by Gasteiger charge is -2.16. The van der Waals surface area contributed by atoms with Gasteiger partial charge in [-0.3, -0.25) is 9.59 Å². The molecule has 162 valence electrons. The number of hydrogen-bond donors (Lipinski definition) is 1. The highest BCUT2D eigenvalue weighted by Gasteiger charge is 2.41. The Bertz CT molecular complexity index is 1290. The largest absolute Gasteiger partial charge is 0.496 e. The molecule has 0 saturated heterocycles. The molecule has 2 amide bonds. The molecule has 1 aliphatic heterocycles. The Hall–Kier alpha value is -3.64. The number of imide groups is 1. The van der Waals surface area contributed by atoms with Crippen LogP contribution in [0.3, 0.4) is 0 Å². The molecule has 0 aliphatic carbocycles. The van der Waals surface area contributed by atoms with E-state index in [2.05, 4.69) is 5.32 Å². The molecular weight excluding hydrogens is 431 g/mol. The van der Waals surface area contributed by atoms with E-state index in [4.69, 9.17) is 16.3 Å². The van der Waals surface area contributed by atoms with Crippen molar-refractivity contribution in [3.8, 4) is 5.75 Å². The van der Waals surface area contributed by atoms with Gasteiger partial charge in [-0.2, -0.15) is 0 Å². The summed E-state index contributed by atoms with van der Waals surface area (Å²) in [6.45, 7) is 3.95. The molecule has 1 aliphatic rings. The molecule has 1 N–H and O–H groups in total. The first-order valence-electron chi connectivity index (χ1n) is 9.87. The van der Waals surface area contributed by atoms with Crippen LogP contribution in [0.25, 0.3) is 5.57 Å². The second kappa shape index (κ2) is 8.48.